The van der Waals surface area contributed by atoms with Gasteiger partial charge in [-0.15, -0.1) is 0 Å². The first-order valence-electron chi connectivity index (χ1n) is 7.21. The summed E-state index contributed by atoms with van der Waals surface area (Å²) in [5, 5.41) is 7.42. The van der Waals surface area contributed by atoms with Crippen LogP contribution in [0, 0.1) is 0 Å². The predicted octanol–water partition coefficient (Wildman–Crippen LogP) is 2.86. The molecule has 2 heterocycles. The SMILES string of the molecule is CCSC1CCCC1Nc1nc(NC)cn2ccnc12. The molecule has 6 heteroatoms. The summed E-state index contributed by atoms with van der Waals surface area (Å²) in [6, 6.07) is 0.500. The molecule has 108 valence electrons. The van der Waals surface area contributed by atoms with E-state index in [1.807, 2.05) is 30.0 Å². The van der Waals surface area contributed by atoms with Gasteiger partial charge in [0.1, 0.15) is 5.82 Å². The Bertz CT molecular complexity index is 582. The van der Waals surface area contributed by atoms with Crippen LogP contribution in [0.5, 0.6) is 0 Å². The summed E-state index contributed by atoms with van der Waals surface area (Å²) in [4.78, 5) is 9.05. The number of hydrogen-bond acceptors (Lipinski definition) is 5. The highest BCUT2D eigenvalue weighted by Gasteiger charge is 2.28. The van der Waals surface area contributed by atoms with Crippen molar-refractivity contribution in [2.45, 2.75) is 37.5 Å². The van der Waals surface area contributed by atoms with Gasteiger partial charge in [-0.2, -0.15) is 11.8 Å². The Morgan fingerprint density at radius 2 is 2.35 bits per heavy atom. The molecule has 1 aliphatic rings. The first-order valence-corrected chi connectivity index (χ1v) is 8.26. The van der Waals surface area contributed by atoms with Crippen molar-refractivity contribution in [3.8, 4) is 0 Å². The lowest BCUT2D eigenvalue weighted by Gasteiger charge is -2.21. The molecule has 0 amide bonds. The van der Waals surface area contributed by atoms with Gasteiger partial charge < -0.3 is 15.0 Å². The molecule has 1 fully saturated rings. The number of nitrogens with one attached hydrogen (secondary N) is 2. The molecule has 0 saturated heterocycles. The first-order chi connectivity index (χ1) is 9.81. The standard InChI is InChI=1S/C14H21N5S/c1-3-20-11-6-4-5-10(11)17-13-14-16-7-8-19(14)9-12(15-2)18-13/h7-11,15H,3-6H2,1-2H3,(H,17,18). The summed E-state index contributed by atoms with van der Waals surface area (Å²) in [6.45, 7) is 2.23. The van der Waals surface area contributed by atoms with E-state index in [-0.39, 0.29) is 0 Å². The highest BCUT2D eigenvalue weighted by Crippen LogP contribution is 2.32. The molecule has 20 heavy (non-hydrogen) atoms. The maximum atomic E-state index is 4.63. The fraction of sp³-hybridized carbons (Fsp3) is 0.571. The molecule has 3 rings (SSSR count). The zero-order chi connectivity index (χ0) is 13.9. The molecule has 0 aliphatic heterocycles. The van der Waals surface area contributed by atoms with E-state index >= 15 is 0 Å². The second kappa shape index (κ2) is 5.91. The number of aromatic nitrogens is 3. The van der Waals surface area contributed by atoms with Gasteiger partial charge in [-0.3, -0.25) is 0 Å². The van der Waals surface area contributed by atoms with Crippen molar-refractivity contribution in [2.24, 2.45) is 0 Å². The fourth-order valence-electron chi connectivity index (χ4n) is 2.83. The summed E-state index contributed by atoms with van der Waals surface area (Å²) in [6.07, 6.45) is 9.54. The lowest BCUT2D eigenvalue weighted by Crippen LogP contribution is -2.27. The van der Waals surface area contributed by atoms with Crippen LogP contribution in [0.3, 0.4) is 0 Å². The summed E-state index contributed by atoms with van der Waals surface area (Å²) in [7, 11) is 1.89. The number of hydrogen-bond donors (Lipinski definition) is 2. The number of anilines is 2. The monoisotopic (exact) mass is 291 g/mol. The van der Waals surface area contributed by atoms with Crippen LogP contribution in [0.2, 0.25) is 0 Å². The maximum Gasteiger partial charge on any atom is 0.180 e. The van der Waals surface area contributed by atoms with E-state index in [1.165, 1.54) is 25.0 Å². The Kier molecular flexibility index (Phi) is 4.00. The van der Waals surface area contributed by atoms with E-state index in [0.29, 0.717) is 11.3 Å². The molecule has 2 atom stereocenters. The average molecular weight is 291 g/mol. The molecule has 2 unspecified atom stereocenters. The molecule has 0 radical (unpaired) electrons. The number of thioether (sulfide) groups is 1. The molecular weight excluding hydrogens is 270 g/mol. The summed E-state index contributed by atoms with van der Waals surface area (Å²) in [5.41, 5.74) is 0.899. The van der Waals surface area contributed by atoms with Crippen LogP contribution in [0.15, 0.2) is 18.6 Å². The minimum Gasteiger partial charge on any atom is -0.372 e. The van der Waals surface area contributed by atoms with Crippen LogP contribution in [-0.2, 0) is 0 Å². The molecule has 2 N–H and O–H groups in total. The smallest absolute Gasteiger partial charge is 0.180 e. The average Bonchev–Trinajstić information content (AvgIpc) is 3.08. The van der Waals surface area contributed by atoms with E-state index in [1.54, 1.807) is 0 Å². The Balaban J connectivity index is 1.87. The number of rotatable bonds is 5. The third-order valence-electron chi connectivity index (χ3n) is 3.79. The zero-order valence-corrected chi connectivity index (χ0v) is 12.8. The van der Waals surface area contributed by atoms with Crippen LogP contribution in [-0.4, -0.2) is 38.5 Å². The third kappa shape index (κ3) is 2.57. The van der Waals surface area contributed by atoms with Crippen LogP contribution < -0.4 is 10.6 Å². The lowest BCUT2D eigenvalue weighted by atomic mass is 10.2. The van der Waals surface area contributed by atoms with Crippen molar-refractivity contribution in [3.63, 3.8) is 0 Å². The lowest BCUT2D eigenvalue weighted by molar-refractivity contribution is 0.762. The van der Waals surface area contributed by atoms with Crippen LogP contribution >= 0.6 is 11.8 Å². The van der Waals surface area contributed by atoms with Crippen molar-refractivity contribution in [2.75, 3.05) is 23.4 Å². The minimum atomic E-state index is 0.500. The maximum absolute atomic E-state index is 4.63. The molecule has 2 aromatic rings. The van der Waals surface area contributed by atoms with E-state index < -0.39 is 0 Å². The summed E-state index contributed by atoms with van der Waals surface area (Å²) < 4.78 is 2.01. The fourth-order valence-corrected chi connectivity index (χ4v) is 4.03. The van der Waals surface area contributed by atoms with Gasteiger partial charge in [-0.05, 0) is 18.6 Å². The Morgan fingerprint density at radius 1 is 1.45 bits per heavy atom. The topological polar surface area (TPSA) is 54.2 Å². The summed E-state index contributed by atoms with van der Waals surface area (Å²) >= 11 is 2.05. The first kappa shape index (κ1) is 13.5. The normalized spacial score (nSPS) is 22.3. The van der Waals surface area contributed by atoms with Crippen molar-refractivity contribution in [1.82, 2.24) is 14.4 Å². The van der Waals surface area contributed by atoms with Crippen LogP contribution in [0.1, 0.15) is 26.2 Å². The van der Waals surface area contributed by atoms with E-state index in [4.69, 9.17) is 0 Å². The van der Waals surface area contributed by atoms with Gasteiger partial charge in [0, 0.05) is 30.7 Å². The van der Waals surface area contributed by atoms with Crippen molar-refractivity contribution >= 4 is 29.0 Å². The third-order valence-corrected chi connectivity index (χ3v) is 5.11. The molecular formula is C14H21N5S. The van der Waals surface area contributed by atoms with E-state index in [2.05, 4.69) is 39.3 Å². The van der Waals surface area contributed by atoms with Gasteiger partial charge in [0.25, 0.3) is 0 Å². The van der Waals surface area contributed by atoms with Gasteiger partial charge in [-0.1, -0.05) is 13.3 Å². The Hall–Kier alpha value is -1.43. The van der Waals surface area contributed by atoms with Gasteiger partial charge in [0.15, 0.2) is 11.5 Å². The largest absolute Gasteiger partial charge is 0.372 e. The quantitative estimate of drug-likeness (QED) is 0.887. The molecule has 0 bridgehead atoms. The highest BCUT2D eigenvalue weighted by atomic mass is 32.2. The van der Waals surface area contributed by atoms with Gasteiger partial charge in [0.05, 0.1) is 6.20 Å². The zero-order valence-electron chi connectivity index (χ0n) is 12.0. The number of imidazole rings is 1. The minimum absolute atomic E-state index is 0.500. The van der Waals surface area contributed by atoms with Crippen molar-refractivity contribution in [3.05, 3.63) is 18.6 Å². The summed E-state index contributed by atoms with van der Waals surface area (Å²) in [5.74, 6) is 2.91. The molecule has 1 aliphatic carbocycles. The van der Waals surface area contributed by atoms with Gasteiger partial charge in [-0.25, -0.2) is 9.97 Å². The predicted molar refractivity (Wildman–Crippen MR) is 85.7 cm³/mol. The molecule has 5 nitrogen and oxygen atoms in total. The second-order valence-corrected chi connectivity index (χ2v) is 6.57. The molecule has 2 aromatic heterocycles. The number of fused-ring (bicyclic) bond motifs is 1. The van der Waals surface area contributed by atoms with Crippen LogP contribution in [0.4, 0.5) is 11.6 Å². The molecule has 0 aromatic carbocycles. The van der Waals surface area contributed by atoms with Gasteiger partial charge >= 0.3 is 0 Å². The second-order valence-electron chi connectivity index (χ2n) is 5.06. The number of nitrogens with zero attached hydrogens (tertiary/aromatic N) is 3. The Labute approximate surface area is 123 Å². The van der Waals surface area contributed by atoms with Crippen molar-refractivity contribution < 1.29 is 0 Å². The van der Waals surface area contributed by atoms with E-state index in [9.17, 15) is 0 Å². The molecule has 1 saturated carbocycles. The highest BCUT2D eigenvalue weighted by molar-refractivity contribution is 7.99. The van der Waals surface area contributed by atoms with E-state index in [0.717, 1.165) is 17.3 Å². The molecule has 0 spiro atoms. The van der Waals surface area contributed by atoms with Gasteiger partial charge in [0.2, 0.25) is 0 Å². The van der Waals surface area contributed by atoms with Crippen LogP contribution in [0.25, 0.3) is 5.65 Å². The van der Waals surface area contributed by atoms with Crippen molar-refractivity contribution in [1.29, 1.82) is 0 Å². The Morgan fingerprint density at radius 3 is 3.15 bits per heavy atom.